The van der Waals surface area contributed by atoms with Crippen LogP contribution < -0.4 is 11.1 Å². The minimum Gasteiger partial charge on any atom is -0.383 e. The first-order valence-electron chi connectivity index (χ1n) is 6.06. The molecule has 1 saturated heterocycles. The lowest BCUT2D eigenvalue weighted by molar-refractivity contribution is 0.0473. The molecule has 0 bridgehead atoms. The zero-order valence-corrected chi connectivity index (χ0v) is 11.9. The van der Waals surface area contributed by atoms with Crippen molar-refractivity contribution in [3.05, 3.63) is 22.8 Å². The van der Waals surface area contributed by atoms with E-state index in [1.54, 1.807) is 6.20 Å². The molecule has 18 heavy (non-hydrogen) atoms. The van der Waals surface area contributed by atoms with Gasteiger partial charge in [-0.2, -0.15) is 11.8 Å². The fourth-order valence-electron chi connectivity index (χ4n) is 2.07. The normalized spacial score (nSPS) is 21.8. The standard InChI is InChI=1S/C12H18ClN3OS/c1-2-15-11(10-7-18-4-3-17-10)9-5-8(13)6-16-12(9)14/h5-6,10-11,15H,2-4,7H2,1H3,(H2,14,16). The third kappa shape index (κ3) is 3.29. The minimum absolute atomic E-state index is 0.0500. The molecule has 1 aliphatic rings. The lowest BCUT2D eigenvalue weighted by Crippen LogP contribution is -2.38. The van der Waals surface area contributed by atoms with Gasteiger partial charge in [0.05, 0.1) is 23.8 Å². The average Bonchev–Trinajstić information content (AvgIpc) is 2.40. The van der Waals surface area contributed by atoms with Crippen LogP contribution in [0.2, 0.25) is 5.02 Å². The molecule has 0 radical (unpaired) electrons. The Morgan fingerprint density at radius 2 is 2.56 bits per heavy atom. The Hall–Kier alpha value is -0.490. The monoisotopic (exact) mass is 287 g/mol. The van der Waals surface area contributed by atoms with Crippen molar-refractivity contribution >= 4 is 29.2 Å². The molecule has 1 aliphatic heterocycles. The van der Waals surface area contributed by atoms with Gasteiger partial charge in [0.1, 0.15) is 5.82 Å². The molecule has 1 fully saturated rings. The van der Waals surface area contributed by atoms with E-state index in [1.807, 2.05) is 17.8 Å². The van der Waals surface area contributed by atoms with Gasteiger partial charge in [0.15, 0.2) is 0 Å². The van der Waals surface area contributed by atoms with Crippen LogP contribution >= 0.6 is 23.4 Å². The summed E-state index contributed by atoms with van der Waals surface area (Å²) in [6, 6.07) is 1.92. The molecular weight excluding hydrogens is 270 g/mol. The Morgan fingerprint density at radius 3 is 3.22 bits per heavy atom. The summed E-state index contributed by atoms with van der Waals surface area (Å²) in [5.74, 6) is 2.53. The molecule has 2 heterocycles. The first-order valence-corrected chi connectivity index (χ1v) is 7.59. The van der Waals surface area contributed by atoms with E-state index in [2.05, 4.69) is 17.2 Å². The van der Waals surface area contributed by atoms with Gasteiger partial charge in [-0.15, -0.1) is 0 Å². The van der Waals surface area contributed by atoms with Gasteiger partial charge in [-0.3, -0.25) is 0 Å². The molecule has 1 aromatic heterocycles. The van der Waals surface area contributed by atoms with Crippen LogP contribution in [0, 0.1) is 0 Å². The number of nitrogens with one attached hydrogen (secondary N) is 1. The first-order chi connectivity index (χ1) is 8.72. The number of pyridine rings is 1. The van der Waals surface area contributed by atoms with Crippen LogP contribution in [-0.2, 0) is 4.74 Å². The highest BCUT2D eigenvalue weighted by molar-refractivity contribution is 7.99. The molecule has 1 aromatic rings. The number of nitrogen functional groups attached to an aromatic ring is 1. The van der Waals surface area contributed by atoms with Crippen LogP contribution in [0.25, 0.3) is 0 Å². The summed E-state index contributed by atoms with van der Waals surface area (Å²) in [7, 11) is 0. The number of nitrogens with zero attached hydrogens (tertiary/aromatic N) is 1. The van der Waals surface area contributed by atoms with Gasteiger partial charge >= 0.3 is 0 Å². The van der Waals surface area contributed by atoms with Gasteiger partial charge < -0.3 is 15.8 Å². The lowest BCUT2D eigenvalue weighted by Gasteiger charge is -2.31. The summed E-state index contributed by atoms with van der Waals surface area (Å²) >= 11 is 7.91. The Balaban J connectivity index is 2.24. The predicted molar refractivity (Wildman–Crippen MR) is 77.1 cm³/mol. The summed E-state index contributed by atoms with van der Waals surface area (Å²) in [5, 5.41) is 4.02. The van der Waals surface area contributed by atoms with E-state index in [4.69, 9.17) is 22.1 Å². The van der Waals surface area contributed by atoms with E-state index in [0.29, 0.717) is 10.8 Å². The molecule has 4 nitrogen and oxygen atoms in total. The van der Waals surface area contributed by atoms with Crippen molar-refractivity contribution < 1.29 is 4.74 Å². The van der Waals surface area contributed by atoms with Gasteiger partial charge in [0.25, 0.3) is 0 Å². The van der Waals surface area contributed by atoms with Crippen LogP contribution in [0.3, 0.4) is 0 Å². The van der Waals surface area contributed by atoms with E-state index in [-0.39, 0.29) is 12.1 Å². The second-order valence-corrected chi connectivity index (χ2v) is 5.73. The zero-order valence-electron chi connectivity index (χ0n) is 10.4. The number of anilines is 1. The maximum Gasteiger partial charge on any atom is 0.128 e. The van der Waals surface area contributed by atoms with Crippen molar-refractivity contribution in [2.24, 2.45) is 0 Å². The number of ether oxygens (including phenoxy) is 1. The first kappa shape index (κ1) is 13.9. The Labute approximate surface area is 117 Å². The van der Waals surface area contributed by atoms with E-state index in [1.165, 1.54) is 0 Å². The molecule has 0 saturated carbocycles. The van der Waals surface area contributed by atoms with Crippen molar-refractivity contribution in [3.8, 4) is 0 Å². The van der Waals surface area contributed by atoms with Crippen molar-refractivity contribution in [1.82, 2.24) is 10.3 Å². The molecule has 2 atom stereocenters. The number of rotatable bonds is 4. The number of thioether (sulfide) groups is 1. The van der Waals surface area contributed by atoms with Gasteiger partial charge in [-0.25, -0.2) is 4.98 Å². The van der Waals surface area contributed by atoms with E-state index >= 15 is 0 Å². The number of hydrogen-bond acceptors (Lipinski definition) is 5. The van der Waals surface area contributed by atoms with Gasteiger partial charge in [-0.05, 0) is 12.6 Å². The lowest BCUT2D eigenvalue weighted by atomic mass is 10.0. The number of likely N-dealkylation sites (N-methyl/N-ethyl adjacent to an activating group) is 1. The van der Waals surface area contributed by atoms with Crippen molar-refractivity contribution in [3.63, 3.8) is 0 Å². The molecule has 0 aromatic carbocycles. The Kier molecular flexibility index (Phi) is 5.12. The van der Waals surface area contributed by atoms with E-state index < -0.39 is 0 Å². The molecule has 2 rings (SSSR count). The molecule has 0 spiro atoms. The Morgan fingerprint density at radius 1 is 1.72 bits per heavy atom. The molecule has 0 aliphatic carbocycles. The second-order valence-electron chi connectivity index (χ2n) is 4.15. The summed E-state index contributed by atoms with van der Waals surface area (Å²) in [5.41, 5.74) is 6.88. The van der Waals surface area contributed by atoms with Crippen LogP contribution in [-0.4, -0.2) is 35.7 Å². The number of halogens is 1. The quantitative estimate of drug-likeness (QED) is 0.888. The van der Waals surface area contributed by atoms with E-state index in [0.717, 1.165) is 30.2 Å². The molecule has 0 amide bonds. The third-order valence-electron chi connectivity index (χ3n) is 2.89. The topological polar surface area (TPSA) is 60.2 Å². The highest BCUT2D eigenvalue weighted by Crippen LogP contribution is 2.29. The zero-order chi connectivity index (χ0) is 13.0. The minimum atomic E-state index is 0.0500. The number of hydrogen-bond donors (Lipinski definition) is 2. The maximum atomic E-state index is 6.01. The van der Waals surface area contributed by atoms with Crippen molar-refractivity contribution in [2.75, 3.05) is 30.4 Å². The van der Waals surface area contributed by atoms with Crippen LogP contribution in [0.1, 0.15) is 18.5 Å². The Bertz CT molecular complexity index is 399. The number of nitrogens with two attached hydrogens (primary N) is 1. The van der Waals surface area contributed by atoms with Crippen LogP contribution in [0.5, 0.6) is 0 Å². The molecule has 100 valence electrons. The highest BCUT2D eigenvalue weighted by Gasteiger charge is 2.27. The summed E-state index contributed by atoms with van der Waals surface area (Å²) in [6.45, 7) is 3.70. The highest BCUT2D eigenvalue weighted by atomic mass is 35.5. The summed E-state index contributed by atoms with van der Waals surface area (Å²) in [4.78, 5) is 4.12. The van der Waals surface area contributed by atoms with Crippen LogP contribution in [0.4, 0.5) is 5.82 Å². The summed E-state index contributed by atoms with van der Waals surface area (Å²) < 4.78 is 5.83. The number of aromatic nitrogens is 1. The smallest absolute Gasteiger partial charge is 0.128 e. The maximum absolute atomic E-state index is 6.01. The van der Waals surface area contributed by atoms with Gasteiger partial charge in [-0.1, -0.05) is 18.5 Å². The second kappa shape index (κ2) is 6.61. The van der Waals surface area contributed by atoms with Crippen LogP contribution in [0.15, 0.2) is 12.3 Å². The molecular formula is C12H18ClN3OS. The summed E-state index contributed by atoms with van der Waals surface area (Å²) in [6.07, 6.45) is 1.69. The van der Waals surface area contributed by atoms with E-state index in [9.17, 15) is 0 Å². The van der Waals surface area contributed by atoms with Crippen molar-refractivity contribution in [1.29, 1.82) is 0 Å². The van der Waals surface area contributed by atoms with Crippen molar-refractivity contribution in [2.45, 2.75) is 19.1 Å². The molecule has 2 unspecified atom stereocenters. The fourth-order valence-corrected chi connectivity index (χ4v) is 3.14. The molecule has 6 heteroatoms. The SMILES string of the molecule is CCNC(c1cc(Cl)cnc1N)C1CSCCO1. The third-order valence-corrected chi connectivity index (χ3v) is 4.11. The predicted octanol–water partition coefficient (Wildman–Crippen LogP) is 2.10. The molecule has 3 N–H and O–H groups in total. The average molecular weight is 288 g/mol. The van der Waals surface area contributed by atoms with Gasteiger partial charge in [0, 0.05) is 23.3 Å². The van der Waals surface area contributed by atoms with Gasteiger partial charge in [0.2, 0.25) is 0 Å². The largest absolute Gasteiger partial charge is 0.383 e. The fraction of sp³-hybridized carbons (Fsp3) is 0.583.